The van der Waals surface area contributed by atoms with Crippen LogP contribution in [0.25, 0.3) is 6.08 Å². The molecule has 1 aliphatic rings. The van der Waals surface area contributed by atoms with Gasteiger partial charge in [0.25, 0.3) is 11.8 Å². The van der Waals surface area contributed by atoms with E-state index < -0.39 is 17.8 Å². The van der Waals surface area contributed by atoms with Gasteiger partial charge in [-0.15, -0.1) is 0 Å². The number of amides is 4. The Kier molecular flexibility index (Phi) is 7.39. The normalized spacial score (nSPS) is 14.8. The molecule has 3 aromatic carbocycles. The molecule has 1 saturated heterocycles. The predicted octanol–water partition coefficient (Wildman–Crippen LogP) is 5.64. The summed E-state index contributed by atoms with van der Waals surface area (Å²) in [5.74, 6) is -0.627. The molecule has 4 rings (SSSR count). The standard InChI is InChI=1S/C26H20Cl2N2O5/c1-2-34-20-10-8-19(9-11-20)30-25(32)21(24(31)29-26(30)33)14-17-13-18(27)7-12-23(17)35-15-16-5-3-4-6-22(16)28/h3-14H,2,15H2,1H3,(H,29,31,33)/b21-14+. The third kappa shape index (κ3) is 5.48. The number of nitrogens with one attached hydrogen (secondary N) is 1. The Hall–Kier alpha value is -3.81. The van der Waals surface area contributed by atoms with E-state index >= 15 is 0 Å². The molecule has 0 unspecified atom stereocenters. The second-order valence-corrected chi connectivity index (χ2v) is 8.29. The van der Waals surface area contributed by atoms with Crippen molar-refractivity contribution in [2.45, 2.75) is 13.5 Å². The second kappa shape index (κ2) is 10.6. The average molecular weight is 511 g/mol. The van der Waals surface area contributed by atoms with Gasteiger partial charge in [0.2, 0.25) is 0 Å². The quantitative estimate of drug-likeness (QED) is 0.328. The van der Waals surface area contributed by atoms with Crippen molar-refractivity contribution in [1.82, 2.24) is 5.32 Å². The Balaban J connectivity index is 1.65. The van der Waals surface area contributed by atoms with Gasteiger partial charge in [-0.3, -0.25) is 14.9 Å². The van der Waals surface area contributed by atoms with E-state index in [1.807, 2.05) is 25.1 Å². The fourth-order valence-corrected chi connectivity index (χ4v) is 3.81. The first-order chi connectivity index (χ1) is 16.9. The van der Waals surface area contributed by atoms with E-state index in [0.29, 0.717) is 33.7 Å². The number of ether oxygens (including phenoxy) is 2. The third-order valence-corrected chi connectivity index (χ3v) is 5.72. The lowest BCUT2D eigenvalue weighted by Gasteiger charge is -2.26. The summed E-state index contributed by atoms with van der Waals surface area (Å²) < 4.78 is 11.3. The van der Waals surface area contributed by atoms with Crippen molar-refractivity contribution in [3.63, 3.8) is 0 Å². The Morgan fingerprint density at radius 3 is 2.40 bits per heavy atom. The van der Waals surface area contributed by atoms with Crippen molar-refractivity contribution in [1.29, 1.82) is 0 Å². The van der Waals surface area contributed by atoms with E-state index in [2.05, 4.69) is 5.32 Å². The van der Waals surface area contributed by atoms with Crippen LogP contribution in [0.2, 0.25) is 10.0 Å². The molecule has 0 aromatic heterocycles. The number of hydrogen-bond donors (Lipinski definition) is 1. The van der Waals surface area contributed by atoms with Crippen LogP contribution in [0.4, 0.5) is 10.5 Å². The lowest BCUT2D eigenvalue weighted by Crippen LogP contribution is -2.54. The maximum absolute atomic E-state index is 13.2. The highest BCUT2D eigenvalue weighted by Gasteiger charge is 2.37. The summed E-state index contributed by atoms with van der Waals surface area (Å²) in [6.07, 6.45) is 1.35. The average Bonchev–Trinajstić information content (AvgIpc) is 2.83. The van der Waals surface area contributed by atoms with Crippen LogP contribution in [0.5, 0.6) is 11.5 Å². The van der Waals surface area contributed by atoms with Crippen molar-refractivity contribution in [2.75, 3.05) is 11.5 Å². The number of barbiturate groups is 1. The summed E-state index contributed by atoms with van der Waals surface area (Å²) in [6.45, 7) is 2.49. The van der Waals surface area contributed by atoms with Gasteiger partial charge >= 0.3 is 6.03 Å². The van der Waals surface area contributed by atoms with Gasteiger partial charge in [0.1, 0.15) is 23.7 Å². The van der Waals surface area contributed by atoms with Gasteiger partial charge in [-0.05, 0) is 61.5 Å². The van der Waals surface area contributed by atoms with Gasteiger partial charge in [-0.1, -0.05) is 41.4 Å². The molecule has 1 heterocycles. The summed E-state index contributed by atoms with van der Waals surface area (Å²) in [7, 11) is 0. The Labute approximate surface area is 211 Å². The van der Waals surface area contributed by atoms with Crippen LogP contribution in [-0.4, -0.2) is 24.5 Å². The van der Waals surface area contributed by atoms with Gasteiger partial charge in [0.05, 0.1) is 12.3 Å². The Morgan fingerprint density at radius 2 is 1.69 bits per heavy atom. The topological polar surface area (TPSA) is 84.9 Å². The minimum absolute atomic E-state index is 0.161. The lowest BCUT2D eigenvalue weighted by molar-refractivity contribution is -0.122. The van der Waals surface area contributed by atoms with Gasteiger partial charge in [0, 0.05) is 21.2 Å². The van der Waals surface area contributed by atoms with Crippen LogP contribution in [0, 0.1) is 0 Å². The molecule has 0 saturated carbocycles. The number of urea groups is 1. The van der Waals surface area contributed by atoms with E-state index in [0.717, 1.165) is 10.5 Å². The van der Waals surface area contributed by atoms with Gasteiger partial charge < -0.3 is 9.47 Å². The predicted molar refractivity (Wildman–Crippen MR) is 134 cm³/mol. The van der Waals surface area contributed by atoms with E-state index in [-0.39, 0.29) is 17.9 Å². The number of hydrogen-bond acceptors (Lipinski definition) is 5. The van der Waals surface area contributed by atoms with Gasteiger partial charge in [0.15, 0.2) is 0 Å². The maximum atomic E-state index is 13.2. The summed E-state index contributed by atoms with van der Waals surface area (Å²) in [4.78, 5) is 39.2. The molecule has 0 spiro atoms. The number of carbonyl (C=O) groups is 3. The zero-order valence-corrected chi connectivity index (χ0v) is 20.1. The molecule has 9 heteroatoms. The van der Waals surface area contributed by atoms with Crippen LogP contribution >= 0.6 is 23.2 Å². The summed E-state index contributed by atoms with van der Waals surface area (Å²) in [6, 6.07) is 17.6. The molecule has 1 N–H and O–H groups in total. The highest BCUT2D eigenvalue weighted by Crippen LogP contribution is 2.29. The first-order valence-corrected chi connectivity index (χ1v) is 11.4. The highest BCUT2D eigenvalue weighted by atomic mass is 35.5. The zero-order valence-electron chi connectivity index (χ0n) is 18.6. The van der Waals surface area contributed by atoms with Crippen molar-refractivity contribution in [2.24, 2.45) is 0 Å². The molecule has 3 aromatic rings. The van der Waals surface area contributed by atoms with Crippen molar-refractivity contribution >= 4 is 52.8 Å². The number of carbonyl (C=O) groups excluding carboxylic acids is 3. The maximum Gasteiger partial charge on any atom is 0.335 e. The van der Waals surface area contributed by atoms with Crippen molar-refractivity contribution < 1.29 is 23.9 Å². The second-order valence-electron chi connectivity index (χ2n) is 7.45. The molecule has 4 amide bonds. The molecule has 178 valence electrons. The molecule has 1 aliphatic heterocycles. The molecule has 0 atom stereocenters. The first-order valence-electron chi connectivity index (χ1n) is 10.7. The number of nitrogens with zero attached hydrogens (tertiary/aromatic N) is 1. The number of halogens is 2. The molecular weight excluding hydrogens is 491 g/mol. The van der Waals surface area contributed by atoms with Crippen LogP contribution in [0.15, 0.2) is 72.3 Å². The molecule has 35 heavy (non-hydrogen) atoms. The largest absolute Gasteiger partial charge is 0.494 e. The molecule has 0 bridgehead atoms. The van der Waals surface area contributed by atoms with Crippen LogP contribution in [0.1, 0.15) is 18.1 Å². The summed E-state index contributed by atoms with van der Waals surface area (Å²) in [5, 5.41) is 3.13. The van der Waals surface area contributed by atoms with Crippen molar-refractivity contribution in [3.8, 4) is 11.5 Å². The number of anilines is 1. The van der Waals surface area contributed by atoms with E-state index in [4.69, 9.17) is 32.7 Å². The highest BCUT2D eigenvalue weighted by molar-refractivity contribution is 6.39. The number of rotatable bonds is 7. The van der Waals surface area contributed by atoms with E-state index in [1.54, 1.807) is 48.5 Å². The molecule has 1 fully saturated rings. The van der Waals surface area contributed by atoms with Gasteiger partial charge in [-0.25, -0.2) is 9.69 Å². The Morgan fingerprint density at radius 1 is 0.943 bits per heavy atom. The molecule has 7 nitrogen and oxygen atoms in total. The summed E-state index contributed by atoms with van der Waals surface area (Å²) in [5.41, 5.74) is 1.20. The number of benzene rings is 3. The van der Waals surface area contributed by atoms with Crippen LogP contribution in [0.3, 0.4) is 0 Å². The fourth-order valence-electron chi connectivity index (χ4n) is 3.44. The first kappa shape index (κ1) is 24.3. The minimum atomic E-state index is -0.845. The molecule has 0 radical (unpaired) electrons. The molecular formula is C26H20Cl2N2O5. The van der Waals surface area contributed by atoms with Gasteiger partial charge in [-0.2, -0.15) is 0 Å². The minimum Gasteiger partial charge on any atom is -0.494 e. The monoisotopic (exact) mass is 510 g/mol. The number of imide groups is 2. The van der Waals surface area contributed by atoms with E-state index in [1.165, 1.54) is 6.08 Å². The molecule has 0 aliphatic carbocycles. The van der Waals surface area contributed by atoms with Crippen molar-refractivity contribution in [3.05, 3.63) is 93.5 Å². The smallest absolute Gasteiger partial charge is 0.335 e. The van der Waals surface area contributed by atoms with Crippen LogP contribution in [-0.2, 0) is 16.2 Å². The lowest BCUT2D eigenvalue weighted by atomic mass is 10.1. The SMILES string of the molecule is CCOc1ccc(N2C(=O)NC(=O)/C(=C\c3cc(Cl)ccc3OCc3ccccc3Cl)C2=O)cc1. The van der Waals surface area contributed by atoms with E-state index in [9.17, 15) is 14.4 Å². The third-order valence-electron chi connectivity index (χ3n) is 5.12. The zero-order chi connectivity index (χ0) is 24.9. The summed E-state index contributed by atoms with van der Waals surface area (Å²) >= 11 is 12.4. The van der Waals surface area contributed by atoms with Crippen LogP contribution < -0.4 is 19.7 Å². The Bertz CT molecular complexity index is 1320. The fraction of sp³-hybridized carbons (Fsp3) is 0.115.